The third-order valence-corrected chi connectivity index (χ3v) is 4.67. The maximum Gasteiger partial charge on any atom is 0.121 e. The van der Waals surface area contributed by atoms with Crippen LogP contribution in [-0.2, 0) is 13.1 Å². The molecule has 0 amide bonds. The molecule has 2 N–H and O–H groups in total. The van der Waals surface area contributed by atoms with E-state index >= 15 is 0 Å². The number of hydrogen-bond acceptors (Lipinski definition) is 5. The summed E-state index contributed by atoms with van der Waals surface area (Å²) in [6, 6.07) is 4.23. The molecular formula is C16H21N5S. The Morgan fingerprint density at radius 1 is 1.23 bits per heavy atom. The number of aromatic nitrogens is 4. The molecule has 1 aromatic carbocycles. The lowest BCUT2D eigenvalue weighted by Gasteiger charge is -2.04. The number of benzene rings is 1. The van der Waals surface area contributed by atoms with Crippen molar-refractivity contribution in [2.45, 2.75) is 46.7 Å². The topological polar surface area (TPSA) is 66.5 Å². The second-order valence-corrected chi connectivity index (χ2v) is 6.77. The van der Waals surface area contributed by atoms with Crippen LogP contribution in [0.1, 0.15) is 47.3 Å². The van der Waals surface area contributed by atoms with Gasteiger partial charge in [0.15, 0.2) is 0 Å². The van der Waals surface area contributed by atoms with E-state index in [2.05, 4.69) is 59.7 Å². The van der Waals surface area contributed by atoms with Crippen molar-refractivity contribution in [3.63, 3.8) is 0 Å². The van der Waals surface area contributed by atoms with E-state index in [9.17, 15) is 0 Å². The zero-order chi connectivity index (χ0) is 15.7. The van der Waals surface area contributed by atoms with Crippen molar-refractivity contribution in [2.24, 2.45) is 0 Å². The third kappa shape index (κ3) is 2.89. The predicted octanol–water partition coefficient (Wildman–Crippen LogP) is 3.44. The van der Waals surface area contributed by atoms with Gasteiger partial charge in [0.1, 0.15) is 5.82 Å². The van der Waals surface area contributed by atoms with Gasteiger partial charge >= 0.3 is 0 Å². The summed E-state index contributed by atoms with van der Waals surface area (Å²) in [5, 5.41) is 7.63. The maximum atomic E-state index is 4.70. The fourth-order valence-corrected chi connectivity index (χ4v) is 3.28. The maximum absolute atomic E-state index is 4.70. The first-order valence-electron chi connectivity index (χ1n) is 7.53. The second-order valence-electron chi connectivity index (χ2n) is 5.93. The van der Waals surface area contributed by atoms with Crippen LogP contribution in [0.15, 0.2) is 12.1 Å². The van der Waals surface area contributed by atoms with Crippen LogP contribution >= 0.6 is 11.5 Å². The summed E-state index contributed by atoms with van der Waals surface area (Å²) in [6.45, 7) is 10.0. The Hall–Kier alpha value is -1.79. The van der Waals surface area contributed by atoms with E-state index in [1.165, 1.54) is 27.5 Å². The van der Waals surface area contributed by atoms with Crippen molar-refractivity contribution in [1.82, 2.24) is 24.9 Å². The first kappa shape index (κ1) is 15.1. The van der Waals surface area contributed by atoms with Crippen LogP contribution in [0.2, 0.25) is 0 Å². The summed E-state index contributed by atoms with van der Waals surface area (Å²) in [6.07, 6.45) is 0. The van der Waals surface area contributed by atoms with Crippen LogP contribution in [-0.4, -0.2) is 19.6 Å². The van der Waals surface area contributed by atoms with E-state index in [1.807, 2.05) is 0 Å². The van der Waals surface area contributed by atoms with Gasteiger partial charge in [0.05, 0.1) is 28.1 Å². The normalized spacial score (nSPS) is 11.7. The van der Waals surface area contributed by atoms with Gasteiger partial charge in [-0.25, -0.2) is 4.98 Å². The highest BCUT2D eigenvalue weighted by atomic mass is 32.1. The number of hydrogen-bond donors (Lipinski definition) is 2. The molecule has 0 aliphatic heterocycles. The van der Waals surface area contributed by atoms with Crippen LogP contribution in [0.4, 0.5) is 0 Å². The number of aromatic amines is 1. The Labute approximate surface area is 134 Å². The molecule has 2 aromatic heterocycles. The highest BCUT2D eigenvalue weighted by molar-refractivity contribution is 7.05. The highest BCUT2D eigenvalue weighted by Crippen LogP contribution is 2.20. The molecule has 0 saturated heterocycles. The molecule has 0 bridgehead atoms. The third-order valence-electron chi connectivity index (χ3n) is 3.94. The summed E-state index contributed by atoms with van der Waals surface area (Å²) in [5.74, 6) is 1.37. The average molecular weight is 315 g/mol. The summed E-state index contributed by atoms with van der Waals surface area (Å²) < 4.78 is 4.05. The van der Waals surface area contributed by atoms with Crippen LogP contribution in [0.3, 0.4) is 0 Å². The van der Waals surface area contributed by atoms with Gasteiger partial charge in [-0.1, -0.05) is 24.4 Å². The molecule has 0 fully saturated rings. The van der Waals surface area contributed by atoms with Crippen molar-refractivity contribution in [1.29, 1.82) is 0 Å². The summed E-state index contributed by atoms with van der Waals surface area (Å²) in [7, 11) is 0. The Morgan fingerprint density at radius 3 is 2.82 bits per heavy atom. The van der Waals surface area contributed by atoms with Crippen molar-refractivity contribution in [3.8, 4) is 0 Å². The lowest BCUT2D eigenvalue weighted by atomic mass is 10.1. The number of fused-ring (bicyclic) bond motifs is 1. The number of nitrogens with zero attached hydrogens (tertiary/aromatic N) is 3. The van der Waals surface area contributed by atoms with E-state index in [4.69, 9.17) is 4.98 Å². The lowest BCUT2D eigenvalue weighted by molar-refractivity contribution is 0.664. The fraction of sp³-hybridized carbons (Fsp3) is 0.438. The summed E-state index contributed by atoms with van der Waals surface area (Å²) >= 11 is 1.47. The van der Waals surface area contributed by atoms with Crippen LogP contribution in [0.5, 0.6) is 0 Å². The number of aryl methyl sites for hydroxylation is 2. The van der Waals surface area contributed by atoms with E-state index in [1.54, 1.807) is 0 Å². The quantitative estimate of drug-likeness (QED) is 0.757. The lowest BCUT2D eigenvalue weighted by Crippen LogP contribution is -2.14. The molecule has 6 heteroatoms. The molecule has 0 atom stereocenters. The first-order valence-corrected chi connectivity index (χ1v) is 8.30. The Bertz CT molecular complexity index is 787. The molecule has 0 aliphatic rings. The number of nitrogens with one attached hydrogen (secondary N) is 2. The molecule has 5 nitrogen and oxygen atoms in total. The van der Waals surface area contributed by atoms with Crippen molar-refractivity contribution in [2.75, 3.05) is 0 Å². The minimum absolute atomic E-state index is 0.410. The molecule has 0 unspecified atom stereocenters. The Kier molecular flexibility index (Phi) is 4.22. The van der Waals surface area contributed by atoms with Crippen molar-refractivity contribution in [3.05, 3.63) is 39.7 Å². The van der Waals surface area contributed by atoms with Gasteiger partial charge in [0, 0.05) is 6.54 Å². The van der Waals surface area contributed by atoms with E-state index < -0.39 is 0 Å². The van der Waals surface area contributed by atoms with E-state index in [-0.39, 0.29) is 0 Å². The summed E-state index contributed by atoms with van der Waals surface area (Å²) in [4.78, 5) is 9.29. The van der Waals surface area contributed by atoms with Gasteiger partial charge in [-0.3, -0.25) is 0 Å². The number of rotatable bonds is 5. The smallest absolute Gasteiger partial charge is 0.121 e. The Balaban J connectivity index is 1.69. The van der Waals surface area contributed by atoms with Crippen LogP contribution < -0.4 is 5.32 Å². The molecule has 22 heavy (non-hydrogen) atoms. The molecule has 3 aromatic rings. The van der Waals surface area contributed by atoms with Gasteiger partial charge in [0.25, 0.3) is 0 Å². The monoisotopic (exact) mass is 315 g/mol. The standard InChI is InChI=1S/C16H21N5S/c1-9(2)15-13(22-21-20-15)7-17-8-14-18-12-6-5-10(3)11(4)16(12)19-14/h5-6,9,17H,7-8H2,1-4H3,(H,18,19). The van der Waals surface area contributed by atoms with Gasteiger partial charge in [-0.2, -0.15) is 0 Å². The average Bonchev–Trinajstić information content (AvgIpc) is 3.10. The van der Waals surface area contributed by atoms with Gasteiger partial charge < -0.3 is 10.3 Å². The summed E-state index contributed by atoms with van der Waals surface area (Å²) in [5.41, 5.74) is 5.78. The zero-order valence-electron chi connectivity index (χ0n) is 13.4. The van der Waals surface area contributed by atoms with Crippen molar-refractivity contribution < 1.29 is 0 Å². The van der Waals surface area contributed by atoms with Gasteiger partial charge in [0.2, 0.25) is 0 Å². The highest BCUT2D eigenvalue weighted by Gasteiger charge is 2.12. The minimum atomic E-state index is 0.410. The molecule has 0 radical (unpaired) electrons. The zero-order valence-corrected chi connectivity index (χ0v) is 14.2. The van der Waals surface area contributed by atoms with Crippen LogP contribution in [0.25, 0.3) is 11.0 Å². The predicted molar refractivity (Wildman–Crippen MR) is 90.1 cm³/mol. The largest absolute Gasteiger partial charge is 0.341 e. The molecule has 3 rings (SSSR count). The number of imidazole rings is 1. The minimum Gasteiger partial charge on any atom is -0.341 e. The van der Waals surface area contributed by atoms with Crippen LogP contribution in [0, 0.1) is 13.8 Å². The molecule has 0 spiro atoms. The molecule has 116 valence electrons. The molecule has 0 aliphatic carbocycles. The van der Waals surface area contributed by atoms with E-state index in [0.717, 1.165) is 29.1 Å². The van der Waals surface area contributed by atoms with Crippen molar-refractivity contribution >= 4 is 22.6 Å². The van der Waals surface area contributed by atoms with Gasteiger partial charge in [-0.05, 0) is 48.5 Å². The van der Waals surface area contributed by atoms with E-state index in [0.29, 0.717) is 12.5 Å². The Morgan fingerprint density at radius 2 is 2.05 bits per heavy atom. The number of H-pyrrole nitrogens is 1. The van der Waals surface area contributed by atoms with Gasteiger partial charge in [-0.15, -0.1) is 5.10 Å². The fourth-order valence-electron chi connectivity index (χ4n) is 2.52. The SMILES string of the molecule is Cc1ccc2[nH]c(CNCc3snnc3C(C)C)nc2c1C. The first-order chi connectivity index (χ1) is 10.6. The second kappa shape index (κ2) is 6.14. The molecular weight excluding hydrogens is 294 g/mol. The molecule has 0 saturated carbocycles. The molecule has 2 heterocycles.